The van der Waals surface area contributed by atoms with Crippen molar-refractivity contribution in [3.05, 3.63) is 80.1 Å². The molecule has 0 unspecified atom stereocenters. The first-order chi connectivity index (χ1) is 16.4. The lowest BCUT2D eigenvalue weighted by Crippen LogP contribution is -2.63. The van der Waals surface area contributed by atoms with Gasteiger partial charge in [0.1, 0.15) is 0 Å². The summed E-state index contributed by atoms with van der Waals surface area (Å²) in [6.45, 7) is 3.96. The monoisotopic (exact) mass is 513 g/mol. The van der Waals surface area contributed by atoms with Crippen LogP contribution in [0.2, 0.25) is 5.02 Å². The number of nitrogens with zero attached hydrogens (tertiary/aromatic N) is 1. The summed E-state index contributed by atoms with van der Waals surface area (Å²) in [7, 11) is 0. The topological polar surface area (TPSA) is 65.0 Å². The number of aryl methyl sites for hydroxylation is 1. The summed E-state index contributed by atoms with van der Waals surface area (Å²) in [5.74, 6) is 0.673. The Morgan fingerprint density at radius 2 is 1.82 bits per heavy atom. The minimum Gasteiger partial charge on any atom is -0.464 e. The van der Waals surface area contributed by atoms with Crippen LogP contribution in [0.4, 0.5) is 0 Å². The summed E-state index contributed by atoms with van der Waals surface area (Å²) >= 11 is 9.43. The zero-order valence-electron chi connectivity index (χ0n) is 18.9. The summed E-state index contributed by atoms with van der Waals surface area (Å²) in [5.41, 5.74) is 0.167. The number of thioether (sulfide) groups is 2. The molecule has 5 rings (SSSR count). The predicted octanol–water partition coefficient (Wildman–Crippen LogP) is 5.65. The largest absolute Gasteiger partial charge is 0.464 e. The second-order valence-electron chi connectivity index (χ2n) is 8.48. The molecule has 1 saturated heterocycles. The number of rotatable bonds is 4. The van der Waals surface area contributed by atoms with E-state index in [1.165, 1.54) is 6.40 Å². The molecule has 5 nitrogen and oxygen atoms in total. The molecule has 2 fully saturated rings. The van der Waals surface area contributed by atoms with Crippen molar-refractivity contribution >= 4 is 53.3 Å². The maximum atomic E-state index is 14.0. The van der Waals surface area contributed by atoms with Crippen LogP contribution < -0.4 is 0 Å². The fourth-order valence-corrected chi connectivity index (χ4v) is 7.95. The average Bonchev–Trinajstić information content (AvgIpc) is 3.49. The highest BCUT2D eigenvalue weighted by atomic mass is 35.5. The predicted molar refractivity (Wildman–Crippen MR) is 138 cm³/mol. The Balaban J connectivity index is 1.84. The van der Waals surface area contributed by atoms with E-state index in [9.17, 15) is 9.59 Å². The number of aliphatic imine (C=N–C) groups is 1. The lowest BCUT2D eigenvalue weighted by atomic mass is 9.57. The highest BCUT2D eigenvalue weighted by Crippen LogP contribution is 2.62. The summed E-state index contributed by atoms with van der Waals surface area (Å²) in [6.07, 6.45) is 1.46. The standard InChI is InChI=1S/C26H24ClNO4S2/c1-3-31-24(30)25-20(17-6-10-19(27)11-7-17)14-21(29)22(23-33-12-13-34-23)26(25,32-15-28-25)18-8-4-16(2)5-9-18/h4-11,15,20H,3,12-14H2,1-2H3/t20-,25-,26-/m1/s1. The van der Waals surface area contributed by atoms with Gasteiger partial charge in [-0.2, -0.15) is 0 Å². The van der Waals surface area contributed by atoms with Crippen molar-refractivity contribution in [1.29, 1.82) is 0 Å². The van der Waals surface area contributed by atoms with Gasteiger partial charge in [0.15, 0.2) is 12.2 Å². The zero-order valence-corrected chi connectivity index (χ0v) is 21.3. The van der Waals surface area contributed by atoms with E-state index in [0.717, 1.165) is 26.9 Å². The van der Waals surface area contributed by atoms with Crippen LogP contribution in [0.5, 0.6) is 0 Å². The molecule has 2 aromatic carbocycles. The van der Waals surface area contributed by atoms with Crippen LogP contribution in [0.15, 0.2) is 63.3 Å². The van der Waals surface area contributed by atoms with Crippen molar-refractivity contribution in [2.45, 2.75) is 37.3 Å². The van der Waals surface area contributed by atoms with Gasteiger partial charge in [-0.3, -0.25) is 4.79 Å². The van der Waals surface area contributed by atoms with Crippen molar-refractivity contribution in [1.82, 2.24) is 0 Å². The second kappa shape index (κ2) is 9.10. The van der Waals surface area contributed by atoms with Gasteiger partial charge >= 0.3 is 5.97 Å². The summed E-state index contributed by atoms with van der Waals surface area (Å²) in [5, 5.41) is 0.577. The van der Waals surface area contributed by atoms with Crippen LogP contribution in [0.25, 0.3) is 0 Å². The van der Waals surface area contributed by atoms with E-state index in [2.05, 4.69) is 0 Å². The molecule has 0 bridgehead atoms. The van der Waals surface area contributed by atoms with Gasteiger partial charge in [-0.05, 0) is 31.5 Å². The number of fused-ring (bicyclic) bond motifs is 1. The molecule has 176 valence electrons. The summed E-state index contributed by atoms with van der Waals surface area (Å²) in [4.78, 5) is 32.7. The van der Waals surface area contributed by atoms with Crippen LogP contribution >= 0.6 is 35.1 Å². The number of ether oxygens (including phenoxy) is 2. The fourth-order valence-electron chi connectivity index (χ4n) is 5.15. The van der Waals surface area contributed by atoms with Crippen molar-refractivity contribution < 1.29 is 19.1 Å². The minimum absolute atomic E-state index is 0.0390. The van der Waals surface area contributed by atoms with Gasteiger partial charge in [-0.15, -0.1) is 23.5 Å². The number of halogens is 1. The summed E-state index contributed by atoms with van der Waals surface area (Å²) < 4.78 is 13.0. The van der Waals surface area contributed by atoms with E-state index < -0.39 is 23.0 Å². The molecular weight excluding hydrogens is 490 g/mol. The molecule has 2 heterocycles. The van der Waals surface area contributed by atoms with E-state index in [4.69, 9.17) is 26.1 Å². The maximum absolute atomic E-state index is 14.0. The average molecular weight is 514 g/mol. The van der Waals surface area contributed by atoms with Crippen molar-refractivity contribution in [3.63, 3.8) is 0 Å². The van der Waals surface area contributed by atoms with Gasteiger partial charge in [0, 0.05) is 34.4 Å². The minimum atomic E-state index is -1.49. The van der Waals surface area contributed by atoms with Crippen molar-refractivity contribution in [2.24, 2.45) is 4.99 Å². The maximum Gasteiger partial charge on any atom is 0.339 e. The number of benzene rings is 2. The smallest absolute Gasteiger partial charge is 0.339 e. The molecule has 1 saturated carbocycles. The van der Waals surface area contributed by atoms with E-state index in [1.807, 2.05) is 43.3 Å². The highest BCUT2D eigenvalue weighted by molar-refractivity contribution is 8.25. The Morgan fingerprint density at radius 3 is 2.47 bits per heavy atom. The molecule has 3 atom stereocenters. The number of ketones is 1. The fraction of sp³-hybridized carbons (Fsp3) is 0.346. The van der Waals surface area contributed by atoms with E-state index in [0.29, 0.717) is 16.2 Å². The third-order valence-corrected chi connectivity index (χ3v) is 9.58. The highest BCUT2D eigenvalue weighted by Gasteiger charge is 2.73. The van der Waals surface area contributed by atoms with Gasteiger partial charge in [-0.25, -0.2) is 9.79 Å². The van der Waals surface area contributed by atoms with E-state index in [1.54, 1.807) is 42.6 Å². The van der Waals surface area contributed by atoms with Crippen LogP contribution in [0.3, 0.4) is 0 Å². The van der Waals surface area contributed by atoms with Gasteiger partial charge in [-0.1, -0.05) is 53.6 Å². The molecule has 8 heteroatoms. The van der Waals surface area contributed by atoms with Crippen molar-refractivity contribution in [3.8, 4) is 0 Å². The third-order valence-electron chi connectivity index (χ3n) is 6.62. The molecule has 1 aliphatic carbocycles. The molecule has 0 radical (unpaired) electrons. The molecule has 3 aliphatic rings. The molecule has 34 heavy (non-hydrogen) atoms. The lowest BCUT2D eigenvalue weighted by molar-refractivity contribution is -0.160. The van der Waals surface area contributed by atoms with E-state index in [-0.39, 0.29) is 18.8 Å². The van der Waals surface area contributed by atoms with Crippen LogP contribution in [0, 0.1) is 6.92 Å². The molecule has 0 amide bonds. The summed E-state index contributed by atoms with van der Waals surface area (Å²) in [6, 6.07) is 15.0. The first-order valence-corrected chi connectivity index (χ1v) is 13.5. The molecule has 2 aromatic rings. The number of Topliss-reactive ketones (excluding diaryl/α,β-unsaturated/α-hetero) is 1. The van der Waals surface area contributed by atoms with Crippen LogP contribution in [0.1, 0.15) is 36.0 Å². The number of carbonyl (C=O) groups excluding carboxylic acids is 2. The van der Waals surface area contributed by atoms with E-state index >= 15 is 0 Å². The number of hydrogen-bond donors (Lipinski definition) is 0. The quantitative estimate of drug-likeness (QED) is 0.388. The number of hydrogen-bond acceptors (Lipinski definition) is 7. The molecule has 2 aliphatic heterocycles. The van der Waals surface area contributed by atoms with Gasteiger partial charge in [0.25, 0.3) is 0 Å². The van der Waals surface area contributed by atoms with Gasteiger partial charge in [0.05, 0.1) is 16.4 Å². The zero-order chi connectivity index (χ0) is 23.9. The number of carbonyl (C=O) groups is 2. The normalized spacial score (nSPS) is 28.1. The van der Waals surface area contributed by atoms with Crippen molar-refractivity contribution in [2.75, 3.05) is 18.1 Å². The third kappa shape index (κ3) is 3.43. The molecule has 0 aromatic heterocycles. The Morgan fingerprint density at radius 1 is 1.15 bits per heavy atom. The second-order valence-corrected chi connectivity index (χ2v) is 11.4. The molecule has 0 N–H and O–H groups in total. The van der Waals surface area contributed by atoms with Gasteiger partial charge < -0.3 is 9.47 Å². The van der Waals surface area contributed by atoms with Gasteiger partial charge in [0.2, 0.25) is 11.1 Å². The Bertz CT molecular complexity index is 1190. The first kappa shape index (κ1) is 23.5. The Labute approximate surface area is 212 Å². The molecular formula is C26H24ClNO4S2. The Hall–Kier alpha value is -2.22. The number of esters is 1. The Kier molecular flexibility index (Phi) is 6.29. The first-order valence-electron chi connectivity index (χ1n) is 11.2. The lowest BCUT2D eigenvalue weighted by Gasteiger charge is -2.49. The molecule has 0 spiro atoms. The SMILES string of the molecule is CCOC(=O)[C@@]12N=CO[C@]1(c1ccc(C)cc1)C(=C1SCCS1)C(=O)C[C@@H]2c1ccc(Cl)cc1. The van der Waals surface area contributed by atoms with Crippen LogP contribution in [-0.4, -0.2) is 41.8 Å². The van der Waals surface area contributed by atoms with Crippen LogP contribution in [-0.2, 0) is 24.7 Å².